The highest BCUT2D eigenvalue weighted by Crippen LogP contribution is 2.60. The molecule has 10 nitrogen and oxygen atoms in total. The minimum Gasteiger partial charge on any atom is -0.421 e. The Labute approximate surface area is 232 Å². The van der Waals surface area contributed by atoms with Gasteiger partial charge in [-0.1, -0.05) is 19.1 Å². The van der Waals surface area contributed by atoms with Crippen LogP contribution in [-0.2, 0) is 27.4 Å². The Morgan fingerprint density at radius 2 is 2.05 bits per heavy atom. The van der Waals surface area contributed by atoms with Crippen molar-refractivity contribution >= 4 is 28.4 Å². The van der Waals surface area contributed by atoms with Crippen molar-refractivity contribution in [2.45, 2.75) is 71.6 Å². The molecule has 4 heterocycles. The molecular formula is C30H35N5O5. The van der Waals surface area contributed by atoms with Gasteiger partial charge in [0.1, 0.15) is 6.54 Å². The van der Waals surface area contributed by atoms with Crippen LogP contribution in [0, 0.1) is 12.3 Å². The van der Waals surface area contributed by atoms with Gasteiger partial charge in [-0.2, -0.15) is 0 Å². The van der Waals surface area contributed by atoms with Crippen LogP contribution in [-0.4, -0.2) is 69.0 Å². The standard InChI is InChI=1S/C30H35N5O5/c1-4-25(37)24-12-30-13-26(30)35(24)27(38)16-34-15-23(18(2)36)22-11-20(29-33-32-19(3)40-29)10-21(28(22)34)14-31-8-6-5-7-9-39-17-30/h5,7,10-11,15,24,26,31H,4,6,8-9,12-14,16-17H2,1-3H3/b7-5-/t24-,26+,30-/m0/s1. The molecule has 210 valence electrons. The predicted molar refractivity (Wildman–Crippen MR) is 148 cm³/mol. The minimum atomic E-state index is -0.433. The summed E-state index contributed by atoms with van der Waals surface area (Å²) in [6, 6.07) is 3.44. The van der Waals surface area contributed by atoms with Gasteiger partial charge in [-0.05, 0) is 50.4 Å². The number of carbonyl (C=O) groups excluding carboxylic acids is 3. The first-order valence-corrected chi connectivity index (χ1v) is 14.1. The third kappa shape index (κ3) is 4.69. The lowest BCUT2D eigenvalue weighted by Crippen LogP contribution is -2.44. The van der Waals surface area contributed by atoms with Gasteiger partial charge in [0, 0.05) is 54.1 Å². The Morgan fingerprint density at radius 1 is 1.20 bits per heavy atom. The second-order valence-electron chi connectivity index (χ2n) is 11.3. The third-order valence-electron chi connectivity index (χ3n) is 8.51. The first-order valence-electron chi connectivity index (χ1n) is 14.1. The zero-order valence-corrected chi connectivity index (χ0v) is 23.2. The van der Waals surface area contributed by atoms with Crippen LogP contribution < -0.4 is 5.32 Å². The van der Waals surface area contributed by atoms with Gasteiger partial charge < -0.3 is 23.9 Å². The molecule has 1 aromatic carbocycles. The van der Waals surface area contributed by atoms with Gasteiger partial charge in [-0.3, -0.25) is 14.4 Å². The number of aromatic nitrogens is 3. The van der Waals surface area contributed by atoms with Crippen molar-refractivity contribution in [2.24, 2.45) is 5.41 Å². The van der Waals surface area contributed by atoms with Crippen molar-refractivity contribution in [3.05, 3.63) is 47.5 Å². The van der Waals surface area contributed by atoms with Crippen LogP contribution in [0.2, 0.25) is 0 Å². The van der Waals surface area contributed by atoms with Crippen LogP contribution in [0.1, 0.15) is 61.3 Å². The smallest absolute Gasteiger partial charge is 0.247 e. The van der Waals surface area contributed by atoms with Crippen molar-refractivity contribution in [1.29, 1.82) is 0 Å². The van der Waals surface area contributed by atoms with E-state index in [1.165, 1.54) is 6.92 Å². The molecule has 1 N–H and O–H groups in total. The number of carbonyl (C=O) groups is 3. The van der Waals surface area contributed by atoms with Gasteiger partial charge in [0.2, 0.25) is 17.7 Å². The molecule has 1 saturated carbocycles. The molecular weight excluding hydrogens is 510 g/mol. The summed E-state index contributed by atoms with van der Waals surface area (Å²) in [5, 5.41) is 12.4. The Kier molecular flexibility index (Phi) is 6.92. The summed E-state index contributed by atoms with van der Waals surface area (Å²) in [5.41, 5.74) is 2.82. The van der Waals surface area contributed by atoms with Crippen molar-refractivity contribution in [1.82, 2.24) is 25.0 Å². The molecule has 0 unspecified atom stereocenters. The number of Topliss-reactive ketones (excluding diaryl/α,β-unsaturated/α-hetero) is 2. The zero-order valence-electron chi connectivity index (χ0n) is 23.2. The summed E-state index contributed by atoms with van der Waals surface area (Å²) in [7, 11) is 0. The number of nitrogens with zero attached hydrogens (tertiary/aromatic N) is 4. The lowest BCUT2D eigenvalue weighted by Gasteiger charge is -2.27. The molecule has 3 atom stereocenters. The second kappa shape index (κ2) is 10.4. The number of amides is 1. The quantitative estimate of drug-likeness (QED) is 0.390. The van der Waals surface area contributed by atoms with Crippen LogP contribution in [0.3, 0.4) is 0 Å². The first-order chi connectivity index (χ1) is 19.3. The molecule has 1 aliphatic carbocycles. The molecule has 3 aliphatic rings. The fourth-order valence-electron chi connectivity index (χ4n) is 6.46. The summed E-state index contributed by atoms with van der Waals surface area (Å²) < 4.78 is 13.6. The average molecular weight is 546 g/mol. The molecule has 6 rings (SSSR count). The van der Waals surface area contributed by atoms with Gasteiger partial charge in [0.25, 0.3) is 0 Å². The third-order valence-corrected chi connectivity index (χ3v) is 8.51. The lowest BCUT2D eigenvalue weighted by atomic mass is 9.97. The van der Waals surface area contributed by atoms with Gasteiger partial charge in [-0.25, -0.2) is 0 Å². The van der Waals surface area contributed by atoms with E-state index < -0.39 is 6.04 Å². The number of hydrogen-bond acceptors (Lipinski definition) is 8. The second-order valence-corrected chi connectivity index (χ2v) is 11.3. The van der Waals surface area contributed by atoms with E-state index in [2.05, 4.69) is 21.6 Å². The van der Waals surface area contributed by atoms with Crippen molar-refractivity contribution in [2.75, 3.05) is 19.8 Å². The van der Waals surface area contributed by atoms with E-state index in [4.69, 9.17) is 9.15 Å². The Hall–Kier alpha value is -3.63. The highest BCUT2D eigenvalue weighted by Gasteiger charge is 2.66. The van der Waals surface area contributed by atoms with Crippen LogP contribution in [0.15, 0.2) is 34.9 Å². The number of nitrogens with one attached hydrogen (secondary N) is 1. The van der Waals surface area contributed by atoms with Crippen molar-refractivity contribution < 1.29 is 23.5 Å². The van der Waals surface area contributed by atoms with E-state index >= 15 is 0 Å². The zero-order chi connectivity index (χ0) is 28.0. The maximum absolute atomic E-state index is 14.0. The molecule has 0 radical (unpaired) electrons. The number of piperidine rings is 1. The van der Waals surface area contributed by atoms with Gasteiger partial charge in [-0.15, -0.1) is 10.2 Å². The summed E-state index contributed by atoms with van der Waals surface area (Å²) in [4.78, 5) is 41.5. The van der Waals surface area contributed by atoms with E-state index in [9.17, 15) is 14.4 Å². The first kappa shape index (κ1) is 26.6. The summed E-state index contributed by atoms with van der Waals surface area (Å²) in [5.74, 6) is 0.710. The fourth-order valence-corrected chi connectivity index (χ4v) is 6.46. The van der Waals surface area contributed by atoms with Crippen LogP contribution in [0.25, 0.3) is 22.4 Å². The van der Waals surface area contributed by atoms with Gasteiger partial charge in [0.15, 0.2) is 11.6 Å². The monoisotopic (exact) mass is 545 g/mol. The Morgan fingerprint density at radius 3 is 2.80 bits per heavy atom. The van der Waals surface area contributed by atoms with Crippen LogP contribution in [0.5, 0.6) is 0 Å². The maximum Gasteiger partial charge on any atom is 0.247 e. The van der Waals surface area contributed by atoms with Crippen molar-refractivity contribution in [3.8, 4) is 11.5 Å². The van der Waals surface area contributed by atoms with Gasteiger partial charge in [0.05, 0.1) is 24.8 Å². The fraction of sp³-hybridized carbons (Fsp3) is 0.500. The molecule has 0 spiro atoms. The summed E-state index contributed by atoms with van der Waals surface area (Å²) in [6.07, 6.45) is 8.62. The SMILES string of the molecule is CCC(=O)[C@@H]1C[C@]23COC/C=C\CCNCc4cc(-c5nnc(C)o5)cc5c(C(C)=O)cn(c45)CC(=O)N1[C@@H]2C3. The summed E-state index contributed by atoms with van der Waals surface area (Å²) in [6.45, 7) is 7.48. The topological polar surface area (TPSA) is 120 Å². The van der Waals surface area contributed by atoms with E-state index in [0.717, 1.165) is 41.4 Å². The molecule has 1 amide bonds. The molecule has 3 aromatic rings. The van der Waals surface area contributed by atoms with E-state index in [1.807, 2.05) is 34.6 Å². The van der Waals surface area contributed by atoms with E-state index in [1.54, 1.807) is 13.1 Å². The highest BCUT2D eigenvalue weighted by atomic mass is 16.5. The van der Waals surface area contributed by atoms with Crippen LogP contribution in [0.4, 0.5) is 0 Å². The number of aryl methyl sites for hydroxylation is 1. The average Bonchev–Trinajstić information content (AvgIpc) is 3.22. The molecule has 2 bridgehead atoms. The molecule has 2 aromatic heterocycles. The Bertz CT molecular complexity index is 1520. The van der Waals surface area contributed by atoms with Crippen LogP contribution >= 0.6 is 0 Å². The number of rotatable bonds is 4. The lowest BCUT2D eigenvalue weighted by molar-refractivity contribution is -0.139. The largest absolute Gasteiger partial charge is 0.421 e. The number of ether oxygens (including phenoxy) is 1. The highest BCUT2D eigenvalue weighted by molar-refractivity contribution is 6.09. The molecule has 10 heteroatoms. The number of ketones is 2. The molecule has 2 fully saturated rings. The summed E-state index contributed by atoms with van der Waals surface area (Å²) >= 11 is 0. The molecule has 1 saturated heterocycles. The Balaban J connectivity index is 1.45. The van der Waals surface area contributed by atoms with Crippen molar-refractivity contribution in [3.63, 3.8) is 0 Å². The molecule has 2 aliphatic heterocycles. The predicted octanol–water partition coefficient (Wildman–Crippen LogP) is 3.61. The van der Waals surface area contributed by atoms with E-state index in [-0.39, 0.29) is 35.5 Å². The molecule has 40 heavy (non-hydrogen) atoms. The normalized spacial score (nSPS) is 26.0. The van der Waals surface area contributed by atoms with Gasteiger partial charge >= 0.3 is 0 Å². The number of benzene rings is 1. The maximum atomic E-state index is 14.0. The minimum absolute atomic E-state index is 0.00257. The van der Waals surface area contributed by atoms with E-state index in [0.29, 0.717) is 49.9 Å². The number of hydrogen-bond donors (Lipinski definition) is 1.